The molecule has 18 heavy (non-hydrogen) atoms. The van der Waals surface area contributed by atoms with Gasteiger partial charge in [0.15, 0.2) is 10.8 Å². The predicted molar refractivity (Wildman–Crippen MR) is 76.1 cm³/mol. The van der Waals surface area contributed by atoms with Gasteiger partial charge in [-0.15, -0.1) is 10.2 Å². The van der Waals surface area contributed by atoms with Gasteiger partial charge in [-0.1, -0.05) is 17.8 Å². The molecule has 0 aliphatic rings. The van der Waals surface area contributed by atoms with Gasteiger partial charge in [-0.05, 0) is 45.9 Å². The minimum absolute atomic E-state index is 0.201. The largest absolute Gasteiger partial charge is 0.312 e. The fraction of sp³-hybridized carbons (Fsp3) is 0.538. The van der Waals surface area contributed by atoms with Gasteiger partial charge < -0.3 is 5.32 Å². The molecule has 0 aromatic carbocycles. The molecule has 2 heterocycles. The second kappa shape index (κ2) is 5.71. The number of aromatic nitrogens is 3. The van der Waals surface area contributed by atoms with E-state index in [0.717, 1.165) is 29.5 Å². The zero-order valence-corrected chi connectivity index (χ0v) is 12.0. The normalized spacial score (nSPS) is 12.2. The van der Waals surface area contributed by atoms with Crippen LogP contribution in [-0.4, -0.2) is 32.4 Å². The number of pyridine rings is 1. The van der Waals surface area contributed by atoms with Gasteiger partial charge in [0.1, 0.15) is 0 Å². The lowest BCUT2D eigenvalue weighted by atomic mass is 10.1. The van der Waals surface area contributed by atoms with Crippen molar-refractivity contribution in [1.29, 1.82) is 0 Å². The summed E-state index contributed by atoms with van der Waals surface area (Å²) in [5.41, 5.74) is 1.11. The molecular weight excluding hydrogens is 244 g/mol. The number of fused-ring (bicyclic) bond motifs is 1. The molecule has 2 aromatic rings. The van der Waals surface area contributed by atoms with E-state index < -0.39 is 0 Å². The smallest absolute Gasteiger partial charge is 0.195 e. The third-order valence-corrected chi connectivity index (χ3v) is 3.52. The highest BCUT2D eigenvalue weighted by molar-refractivity contribution is 7.99. The molecule has 2 rings (SSSR count). The second-order valence-corrected chi connectivity index (χ2v) is 6.35. The fourth-order valence-corrected chi connectivity index (χ4v) is 2.48. The summed E-state index contributed by atoms with van der Waals surface area (Å²) in [6.45, 7) is 7.59. The minimum atomic E-state index is 0.201. The Kier molecular flexibility index (Phi) is 4.24. The van der Waals surface area contributed by atoms with Crippen molar-refractivity contribution in [2.75, 3.05) is 12.3 Å². The Bertz CT molecular complexity index is 501. The summed E-state index contributed by atoms with van der Waals surface area (Å²) in [5.74, 6) is 1.05. The van der Waals surface area contributed by atoms with Crippen LogP contribution in [0.1, 0.15) is 27.2 Å². The van der Waals surface area contributed by atoms with E-state index in [2.05, 4.69) is 36.3 Å². The monoisotopic (exact) mass is 264 g/mol. The Morgan fingerprint density at radius 1 is 1.28 bits per heavy atom. The zero-order chi connectivity index (χ0) is 13.0. The topological polar surface area (TPSA) is 42.2 Å². The molecule has 0 unspecified atom stereocenters. The maximum Gasteiger partial charge on any atom is 0.195 e. The van der Waals surface area contributed by atoms with Crippen molar-refractivity contribution in [1.82, 2.24) is 19.9 Å². The van der Waals surface area contributed by atoms with Crippen LogP contribution in [0, 0.1) is 0 Å². The van der Waals surface area contributed by atoms with Crippen LogP contribution >= 0.6 is 11.8 Å². The lowest BCUT2D eigenvalue weighted by Crippen LogP contribution is -2.36. The van der Waals surface area contributed by atoms with E-state index in [1.807, 2.05) is 28.8 Å². The first-order chi connectivity index (χ1) is 8.56. The van der Waals surface area contributed by atoms with Crippen molar-refractivity contribution < 1.29 is 0 Å². The molecule has 0 aliphatic carbocycles. The molecule has 0 amide bonds. The van der Waals surface area contributed by atoms with Crippen molar-refractivity contribution in [2.24, 2.45) is 0 Å². The van der Waals surface area contributed by atoms with Crippen LogP contribution in [-0.2, 0) is 0 Å². The van der Waals surface area contributed by atoms with Crippen molar-refractivity contribution in [3.63, 3.8) is 0 Å². The van der Waals surface area contributed by atoms with E-state index in [1.54, 1.807) is 11.8 Å². The molecular formula is C13H20N4S. The summed E-state index contributed by atoms with van der Waals surface area (Å²) >= 11 is 1.76. The SMILES string of the molecule is CC(C)(C)NCCCSc1nnc2ccccn12. The Hall–Kier alpha value is -1.07. The van der Waals surface area contributed by atoms with Crippen LogP contribution in [0.25, 0.3) is 5.65 Å². The maximum absolute atomic E-state index is 4.20. The van der Waals surface area contributed by atoms with Gasteiger partial charge >= 0.3 is 0 Å². The van der Waals surface area contributed by atoms with Gasteiger partial charge in [-0.2, -0.15) is 0 Å². The lowest BCUT2D eigenvalue weighted by Gasteiger charge is -2.20. The average molecular weight is 264 g/mol. The van der Waals surface area contributed by atoms with E-state index in [0.29, 0.717) is 0 Å². The van der Waals surface area contributed by atoms with Gasteiger partial charge in [-0.25, -0.2) is 0 Å². The van der Waals surface area contributed by atoms with Crippen molar-refractivity contribution in [3.8, 4) is 0 Å². The number of hydrogen-bond acceptors (Lipinski definition) is 4. The highest BCUT2D eigenvalue weighted by Crippen LogP contribution is 2.17. The first kappa shape index (κ1) is 13.4. The molecule has 0 saturated heterocycles. The molecule has 0 bridgehead atoms. The van der Waals surface area contributed by atoms with Crippen LogP contribution in [0.3, 0.4) is 0 Å². The number of thioether (sulfide) groups is 1. The van der Waals surface area contributed by atoms with Gasteiger partial charge in [0.05, 0.1) is 0 Å². The number of rotatable bonds is 5. The van der Waals surface area contributed by atoms with E-state index in [9.17, 15) is 0 Å². The quantitative estimate of drug-likeness (QED) is 0.666. The summed E-state index contributed by atoms with van der Waals surface area (Å²) in [6.07, 6.45) is 3.13. The highest BCUT2D eigenvalue weighted by atomic mass is 32.2. The van der Waals surface area contributed by atoms with Gasteiger partial charge in [-0.3, -0.25) is 4.40 Å². The molecule has 0 fully saturated rings. The fourth-order valence-electron chi connectivity index (χ4n) is 1.62. The Balaban J connectivity index is 1.80. The predicted octanol–water partition coefficient (Wildman–Crippen LogP) is 2.60. The van der Waals surface area contributed by atoms with Crippen LogP contribution in [0.2, 0.25) is 0 Å². The van der Waals surface area contributed by atoms with Gasteiger partial charge in [0, 0.05) is 17.5 Å². The van der Waals surface area contributed by atoms with E-state index in [4.69, 9.17) is 0 Å². The molecule has 1 N–H and O–H groups in total. The minimum Gasteiger partial charge on any atom is -0.312 e. The van der Waals surface area contributed by atoms with Crippen LogP contribution in [0.4, 0.5) is 0 Å². The van der Waals surface area contributed by atoms with Crippen LogP contribution in [0.5, 0.6) is 0 Å². The average Bonchev–Trinajstić information content (AvgIpc) is 2.71. The Morgan fingerprint density at radius 3 is 2.89 bits per heavy atom. The molecule has 98 valence electrons. The second-order valence-electron chi connectivity index (χ2n) is 5.29. The third kappa shape index (κ3) is 3.71. The first-order valence-electron chi connectivity index (χ1n) is 6.24. The van der Waals surface area contributed by atoms with Crippen molar-refractivity contribution >= 4 is 17.4 Å². The summed E-state index contributed by atoms with van der Waals surface area (Å²) in [4.78, 5) is 0. The molecule has 0 spiro atoms. The summed E-state index contributed by atoms with van der Waals surface area (Å²) in [7, 11) is 0. The molecule has 0 radical (unpaired) electrons. The first-order valence-corrected chi connectivity index (χ1v) is 7.22. The lowest BCUT2D eigenvalue weighted by molar-refractivity contribution is 0.427. The van der Waals surface area contributed by atoms with Gasteiger partial charge in [0.2, 0.25) is 0 Å². The Morgan fingerprint density at radius 2 is 2.11 bits per heavy atom. The standard InChI is InChI=1S/C13H20N4S/c1-13(2,3)14-8-6-10-18-12-16-15-11-7-4-5-9-17(11)12/h4-5,7,9,14H,6,8,10H2,1-3H3. The van der Waals surface area contributed by atoms with Gasteiger partial charge in [0.25, 0.3) is 0 Å². The Labute approximate surface area is 112 Å². The third-order valence-electron chi connectivity index (χ3n) is 2.49. The molecule has 0 aliphatic heterocycles. The number of hydrogen-bond donors (Lipinski definition) is 1. The molecule has 0 saturated carbocycles. The van der Waals surface area contributed by atoms with Crippen molar-refractivity contribution in [2.45, 2.75) is 37.9 Å². The molecule has 0 atom stereocenters. The molecule has 4 nitrogen and oxygen atoms in total. The maximum atomic E-state index is 4.20. The molecule has 5 heteroatoms. The van der Waals surface area contributed by atoms with Crippen molar-refractivity contribution in [3.05, 3.63) is 24.4 Å². The number of nitrogens with one attached hydrogen (secondary N) is 1. The van der Waals surface area contributed by atoms with Crippen LogP contribution in [0.15, 0.2) is 29.6 Å². The van der Waals surface area contributed by atoms with E-state index >= 15 is 0 Å². The summed E-state index contributed by atoms with van der Waals surface area (Å²) < 4.78 is 2.03. The van der Waals surface area contributed by atoms with Crippen LogP contribution < -0.4 is 5.32 Å². The zero-order valence-electron chi connectivity index (χ0n) is 11.2. The highest BCUT2D eigenvalue weighted by Gasteiger charge is 2.08. The number of nitrogens with zero attached hydrogens (tertiary/aromatic N) is 3. The molecule has 2 aromatic heterocycles. The van der Waals surface area contributed by atoms with E-state index in [1.165, 1.54) is 0 Å². The summed E-state index contributed by atoms with van der Waals surface area (Å²) in [6, 6.07) is 5.95. The summed E-state index contributed by atoms with van der Waals surface area (Å²) in [5, 5.41) is 12.8. The van der Waals surface area contributed by atoms with E-state index in [-0.39, 0.29) is 5.54 Å².